The minimum Gasteiger partial charge on any atom is -0.386 e. The first-order valence-corrected chi connectivity index (χ1v) is 7.28. The van der Waals surface area contributed by atoms with Gasteiger partial charge in [-0.3, -0.25) is 4.79 Å². The highest BCUT2D eigenvalue weighted by atomic mass is 35.5. The number of aryl methyl sites for hydroxylation is 2. The average molecular weight is 315 g/mol. The number of thiophene rings is 1. The fourth-order valence-corrected chi connectivity index (χ4v) is 2.84. The summed E-state index contributed by atoms with van der Waals surface area (Å²) in [5.41, 5.74) is 1.50. The van der Waals surface area contributed by atoms with Crippen LogP contribution in [0.3, 0.4) is 0 Å². The van der Waals surface area contributed by atoms with E-state index >= 15 is 0 Å². The number of hydrogen-bond acceptors (Lipinski definition) is 5. The monoisotopic (exact) mass is 314 g/mol. The molecule has 5 nitrogen and oxygen atoms in total. The van der Waals surface area contributed by atoms with E-state index in [1.165, 1.54) is 11.3 Å². The molecule has 0 aliphatic rings. The van der Waals surface area contributed by atoms with E-state index in [0.29, 0.717) is 15.8 Å². The quantitative estimate of drug-likeness (QED) is 0.888. The normalized spacial score (nSPS) is 12.4. The number of amides is 1. The number of rotatable bonds is 5. The zero-order valence-corrected chi connectivity index (χ0v) is 12.7. The van der Waals surface area contributed by atoms with Crippen molar-refractivity contribution in [2.75, 3.05) is 6.54 Å². The van der Waals surface area contributed by atoms with Gasteiger partial charge in [0.2, 0.25) is 5.91 Å². The Bertz CT molecular complexity index is 589. The molecule has 20 heavy (non-hydrogen) atoms. The second-order valence-corrected chi connectivity index (χ2v) is 6.19. The molecule has 1 unspecified atom stereocenters. The van der Waals surface area contributed by atoms with Crippen molar-refractivity contribution in [2.45, 2.75) is 26.4 Å². The van der Waals surface area contributed by atoms with Gasteiger partial charge >= 0.3 is 0 Å². The first-order valence-electron chi connectivity index (χ1n) is 6.09. The van der Waals surface area contributed by atoms with E-state index in [4.69, 9.17) is 16.1 Å². The highest BCUT2D eigenvalue weighted by Gasteiger charge is 2.15. The number of carbonyl (C=O) groups is 1. The summed E-state index contributed by atoms with van der Waals surface area (Å²) in [5.74, 6) is 0.462. The molecule has 0 radical (unpaired) electrons. The molecule has 2 aromatic heterocycles. The van der Waals surface area contributed by atoms with Gasteiger partial charge in [0.05, 0.1) is 16.5 Å². The molecule has 2 N–H and O–H groups in total. The number of aliphatic hydroxyl groups excluding tert-OH is 1. The summed E-state index contributed by atoms with van der Waals surface area (Å²) < 4.78 is 5.61. The highest BCUT2D eigenvalue weighted by Crippen LogP contribution is 2.26. The lowest BCUT2D eigenvalue weighted by Crippen LogP contribution is -2.29. The van der Waals surface area contributed by atoms with Gasteiger partial charge in [0.15, 0.2) is 0 Å². The van der Waals surface area contributed by atoms with Crippen molar-refractivity contribution in [3.05, 3.63) is 38.4 Å². The fraction of sp³-hybridized carbons (Fsp3) is 0.385. The summed E-state index contributed by atoms with van der Waals surface area (Å²) in [6.45, 7) is 3.71. The van der Waals surface area contributed by atoms with Crippen molar-refractivity contribution in [2.24, 2.45) is 0 Å². The minimum absolute atomic E-state index is 0.152. The number of carbonyl (C=O) groups excluding carboxylic acids is 1. The zero-order valence-electron chi connectivity index (χ0n) is 11.1. The Hall–Kier alpha value is -1.37. The van der Waals surface area contributed by atoms with E-state index < -0.39 is 6.10 Å². The van der Waals surface area contributed by atoms with Gasteiger partial charge in [-0.25, -0.2) is 0 Å². The predicted molar refractivity (Wildman–Crippen MR) is 77.0 cm³/mol. The SMILES string of the molecule is Cc1noc(C)c1CC(=O)NCC(O)c1ccc(Cl)s1. The van der Waals surface area contributed by atoms with Crippen LogP contribution in [0.1, 0.15) is 28.0 Å². The number of aliphatic hydroxyl groups is 1. The molecular formula is C13H15ClN2O3S. The Morgan fingerprint density at radius 2 is 2.30 bits per heavy atom. The third-order valence-corrected chi connectivity index (χ3v) is 4.27. The predicted octanol–water partition coefficient (Wildman–Crippen LogP) is 2.40. The summed E-state index contributed by atoms with van der Waals surface area (Å²) >= 11 is 7.10. The van der Waals surface area contributed by atoms with Gasteiger partial charge in [-0.1, -0.05) is 16.8 Å². The summed E-state index contributed by atoms with van der Waals surface area (Å²) in [6, 6.07) is 3.47. The van der Waals surface area contributed by atoms with Gasteiger partial charge in [-0.2, -0.15) is 0 Å². The average Bonchev–Trinajstić information content (AvgIpc) is 2.97. The number of nitrogens with zero attached hydrogens (tertiary/aromatic N) is 1. The lowest BCUT2D eigenvalue weighted by Gasteiger charge is -2.10. The fourth-order valence-electron chi connectivity index (χ4n) is 1.80. The van der Waals surface area contributed by atoms with Crippen molar-refractivity contribution in [1.29, 1.82) is 0 Å². The molecule has 2 aromatic rings. The molecule has 0 aliphatic carbocycles. The largest absolute Gasteiger partial charge is 0.386 e. The van der Waals surface area contributed by atoms with Crippen LogP contribution in [0, 0.1) is 13.8 Å². The molecular weight excluding hydrogens is 300 g/mol. The van der Waals surface area contributed by atoms with Crippen LogP contribution < -0.4 is 5.32 Å². The highest BCUT2D eigenvalue weighted by molar-refractivity contribution is 7.16. The second-order valence-electron chi connectivity index (χ2n) is 4.44. The van der Waals surface area contributed by atoms with Crippen molar-refractivity contribution >= 4 is 28.8 Å². The molecule has 2 heterocycles. The summed E-state index contributed by atoms with van der Waals surface area (Å²) in [7, 11) is 0. The number of aromatic nitrogens is 1. The smallest absolute Gasteiger partial charge is 0.224 e. The minimum atomic E-state index is -0.749. The van der Waals surface area contributed by atoms with Crippen LogP contribution in [0.25, 0.3) is 0 Å². The van der Waals surface area contributed by atoms with Crippen molar-refractivity contribution in [1.82, 2.24) is 10.5 Å². The standard InChI is InChI=1S/C13H15ClN2O3S/c1-7-9(8(2)19-16-7)5-13(18)15-6-10(17)11-3-4-12(14)20-11/h3-4,10,17H,5-6H2,1-2H3,(H,15,18). The van der Waals surface area contributed by atoms with Gasteiger partial charge in [-0.05, 0) is 26.0 Å². The first kappa shape index (κ1) is 15.0. The van der Waals surface area contributed by atoms with E-state index in [9.17, 15) is 9.90 Å². The maximum Gasteiger partial charge on any atom is 0.224 e. The lowest BCUT2D eigenvalue weighted by molar-refractivity contribution is -0.120. The topological polar surface area (TPSA) is 75.4 Å². The van der Waals surface area contributed by atoms with Crippen molar-refractivity contribution in [3.63, 3.8) is 0 Å². The molecule has 0 saturated heterocycles. The molecule has 0 aromatic carbocycles. The van der Waals surface area contributed by atoms with Gasteiger partial charge in [0.1, 0.15) is 11.9 Å². The number of halogens is 1. The Balaban J connectivity index is 1.86. The number of hydrogen-bond donors (Lipinski definition) is 2. The molecule has 1 amide bonds. The Morgan fingerprint density at radius 1 is 1.55 bits per heavy atom. The van der Waals surface area contributed by atoms with Gasteiger partial charge in [0, 0.05) is 17.0 Å². The Morgan fingerprint density at radius 3 is 2.85 bits per heavy atom. The van der Waals surface area contributed by atoms with Crippen LogP contribution in [0.4, 0.5) is 0 Å². The van der Waals surface area contributed by atoms with Crippen LogP contribution in [0.5, 0.6) is 0 Å². The molecule has 0 bridgehead atoms. The van der Waals surface area contributed by atoms with E-state index in [-0.39, 0.29) is 18.9 Å². The summed E-state index contributed by atoms with van der Waals surface area (Å²) in [4.78, 5) is 12.6. The van der Waals surface area contributed by atoms with Crippen molar-refractivity contribution in [3.8, 4) is 0 Å². The molecule has 0 aliphatic heterocycles. The maximum atomic E-state index is 11.8. The van der Waals surface area contributed by atoms with Crippen LogP contribution in [-0.4, -0.2) is 22.7 Å². The third kappa shape index (κ3) is 3.59. The van der Waals surface area contributed by atoms with Gasteiger partial charge < -0.3 is 14.9 Å². The Labute approximate surface area is 125 Å². The van der Waals surface area contributed by atoms with Crippen LogP contribution in [0.15, 0.2) is 16.7 Å². The molecule has 0 spiro atoms. The second kappa shape index (κ2) is 6.39. The van der Waals surface area contributed by atoms with Gasteiger partial charge in [-0.15, -0.1) is 11.3 Å². The maximum absolute atomic E-state index is 11.8. The van der Waals surface area contributed by atoms with Crippen LogP contribution in [-0.2, 0) is 11.2 Å². The van der Waals surface area contributed by atoms with Crippen LogP contribution >= 0.6 is 22.9 Å². The summed E-state index contributed by atoms with van der Waals surface area (Å²) in [6.07, 6.45) is -0.555. The molecule has 0 fully saturated rings. The first-order chi connectivity index (χ1) is 9.47. The third-order valence-electron chi connectivity index (χ3n) is 2.93. The molecule has 1 atom stereocenters. The van der Waals surface area contributed by atoms with Crippen LogP contribution in [0.2, 0.25) is 4.34 Å². The molecule has 2 rings (SSSR count). The Kier molecular flexibility index (Phi) is 4.80. The van der Waals surface area contributed by atoms with E-state index in [1.807, 2.05) is 0 Å². The van der Waals surface area contributed by atoms with E-state index in [0.717, 1.165) is 10.4 Å². The molecule has 0 saturated carbocycles. The molecule has 7 heteroatoms. The zero-order chi connectivity index (χ0) is 14.7. The summed E-state index contributed by atoms with van der Waals surface area (Å²) in [5, 5.41) is 16.4. The number of nitrogens with one attached hydrogen (secondary N) is 1. The van der Waals surface area contributed by atoms with E-state index in [1.54, 1.807) is 26.0 Å². The lowest BCUT2D eigenvalue weighted by atomic mass is 10.1. The van der Waals surface area contributed by atoms with Crippen molar-refractivity contribution < 1.29 is 14.4 Å². The van der Waals surface area contributed by atoms with Gasteiger partial charge in [0.25, 0.3) is 0 Å². The molecule has 108 valence electrons. The van der Waals surface area contributed by atoms with E-state index in [2.05, 4.69) is 10.5 Å².